The van der Waals surface area contributed by atoms with Crippen LogP contribution in [0.5, 0.6) is 0 Å². The third-order valence-corrected chi connectivity index (χ3v) is 4.22. The molecule has 0 saturated carbocycles. The summed E-state index contributed by atoms with van der Waals surface area (Å²) in [7, 11) is 0. The summed E-state index contributed by atoms with van der Waals surface area (Å²) in [4.78, 5) is 24.5. The molecule has 3 aromatic rings. The van der Waals surface area contributed by atoms with Gasteiger partial charge >= 0.3 is 0 Å². The van der Waals surface area contributed by atoms with Crippen LogP contribution in [-0.2, 0) is 0 Å². The molecule has 1 heterocycles. The Kier molecular flexibility index (Phi) is 5.14. The number of nitrogens with one attached hydrogen (secondary N) is 1. The molecule has 1 aromatic heterocycles. The third kappa shape index (κ3) is 3.81. The van der Waals surface area contributed by atoms with Gasteiger partial charge in [0.1, 0.15) is 0 Å². The van der Waals surface area contributed by atoms with E-state index in [1.807, 2.05) is 31.2 Å². The first-order valence-electron chi connectivity index (χ1n) is 8.02. The standard InChI is InChI=1S/C19H17ClN4O2/c1-12-3-9-16(10-4-12)24-13(2)18(22-23-24)19(26)21-11-17(25)14-5-7-15(20)8-6-14/h3-10H,11H2,1-2H3,(H,21,26). The molecular formula is C19H17ClN4O2. The Morgan fingerprint density at radius 3 is 2.35 bits per heavy atom. The van der Waals surface area contributed by atoms with E-state index in [1.54, 1.807) is 35.9 Å². The molecule has 0 aliphatic heterocycles. The topological polar surface area (TPSA) is 76.9 Å². The van der Waals surface area contributed by atoms with Crippen LogP contribution in [0.4, 0.5) is 0 Å². The fourth-order valence-corrected chi connectivity index (χ4v) is 2.58. The van der Waals surface area contributed by atoms with Crippen LogP contribution < -0.4 is 5.32 Å². The lowest BCUT2D eigenvalue weighted by molar-refractivity contribution is 0.0900. The van der Waals surface area contributed by atoms with Gasteiger partial charge in [0.25, 0.3) is 5.91 Å². The second-order valence-corrected chi connectivity index (χ2v) is 6.32. The maximum absolute atomic E-state index is 12.4. The molecule has 26 heavy (non-hydrogen) atoms. The quantitative estimate of drug-likeness (QED) is 0.702. The van der Waals surface area contributed by atoms with Gasteiger partial charge in [-0.1, -0.05) is 34.5 Å². The second kappa shape index (κ2) is 7.49. The summed E-state index contributed by atoms with van der Waals surface area (Å²) in [6, 6.07) is 14.2. The van der Waals surface area contributed by atoms with E-state index in [0.29, 0.717) is 16.3 Å². The number of halogens is 1. The number of Topliss-reactive ketones (excluding diaryl/α,β-unsaturated/α-hetero) is 1. The summed E-state index contributed by atoms with van der Waals surface area (Å²) in [5, 5.41) is 11.1. The van der Waals surface area contributed by atoms with Gasteiger partial charge in [-0.2, -0.15) is 0 Å². The van der Waals surface area contributed by atoms with E-state index in [-0.39, 0.29) is 18.0 Å². The average molecular weight is 369 g/mol. The van der Waals surface area contributed by atoms with Crippen molar-refractivity contribution in [3.63, 3.8) is 0 Å². The molecular weight excluding hydrogens is 352 g/mol. The van der Waals surface area contributed by atoms with Gasteiger partial charge in [0, 0.05) is 10.6 Å². The van der Waals surface area contributed by atoms with Crippen LogP contribution in [-0.4, -0.2) is 33.2 Å². The highest BCUT2D eigenvalue weighted by Crippen LogP contribution is 2.13. The Morgan fingerprint density at radius 1 is 1.04 bits per heavy atom. The highest BCUT2D eigenvalue weighted by molar-refractivity contribution is 6.30. The Bertz CT molecular complexity index is 947. The molecule has 0 saturated heterocycles. The minimum absolute atomic E-state index is 0.128. The van der Waals surface area contributed by atoms with Crippen LogP contribution in [0.3, 0.4) is 0 Å². The smallest absolute Gasteiger partial charge is 0.274 e. The van der Waals surface area contributed by atoms with E-state index in [9.17, 15) is 9.59 Å². The number of rotatable bonds is 5. The van der Waals surface area contributed by atoms with Crippen molar-refractivity contribution >= 4 is 23.3 Å². The number of amides is 1. The van der Waals surface area contributed by atoms with Crippen molar-refractivity contribution in [1.82, 2.24) is 20.3 Å². The van der Waals surface area contributed by atoms with Crippen molar-refractivity contribution in [3.05, 3.63) is 76.1 Å². The first kappa shape index (κ1) is 17.8. The number of hydrogen-bond donors (Lipinski definition) is 1. The lowest BCUT2D eigenvalue weighted by Crippen LogP contribution is -2.30. The van der Waals surface area contributed by atoms with Crippen molar-refractivity contribution in [2.24, 2.45) is 0 Å². The molecule has 3 rings (SSSR count). The molecule has 0 spiro atoms. The predicted molar refractivity (Wildman–Crippen MR) is 98.9 cm³/mol. The number of benzene rings is 2. The molecule has 132 valence electrons. The summed E-state index contributed by atoms with van der Waals surface area (Å²) in [5.41, 5.74) is 3.22. The number of aromatic nitrogens is 3. The summed E-state index contributed by atoms with van der Waals surface area (Å²) in [6.07, 6.45) is 0. The van der Waals surface area contributed by atoms with Gasteiger partial charge in [0.2, 0.25) is 0 Å². The Labute approximate surface area is 155 Å². The number of carbonyl (C=O) groups is 2. The molecule has 6 nitrogen and oxygen atoms in total. The van der Waals surface area contributed by atoms with Crippen LogP contribution in [0.1, 0.15) is 32.1 Å². The summed E-state index contributed by atoms with van der Waals surface area (Å²) < 4.78 is 1.59. The SMILES string of the molecule is Cc1ccc(-n2nnc(C(=O)NCC(=O)c3ccc(Cl)cc3)c2C)cc1. The zero-order chi connectivity index (χ0) is 18.7. The Hall–Kier alpha value is -2.99. The Morgan fingerprint density at radius 2 is 1.69 bits per heavy atom. The first-order valence-corrected chi connectivity index (χ1v) is 8.40. The van der Waals surface area contributed by atoms with Crippen molar-refractivity contribution in [3.8, 4) is 5.69 Å². The molecule has 2 aromatic carbocycles. The zero-order valence-electron chi connectivity index (χ0n) is 14.4. The van der Waals surface area contributed by atoms with E-state index >= 15 is 0 Å². The third-order valence-electron chi connectivity index (χ3n) is 3.96. The van der Waals surface area contributed by atoms with Gasteiger partial charge in [-0.15, -0.1) is 5.10 Å². The number of carbonyl (C=O) groups excluding carboxylic acids is 2. The van der Waals surface area contributed by atoms with E-state index in [1.165, 1.54) is 0 Å². The Balaban J connectivity index is 1.69. The number of nitrogens with zero attached hydrogens (tertiary/aromatic N) is 3. The van der Waals surface area contributed by atoms with Gasteiger partial charge in [-0.3, -0.25) is 9.59 Å². The van der Waals surface area contributed by atoms with Gasteiger partial charge < -0.3 is 5.32 Å². The first-order chi connectivity index (χ1) is 12.5. The molecule has 1 amide bonds. The molecule has 0 aliphatic carbocycles. The van der Waals surface area contributed by atoms with E-state index in [4.69, 9.17) is 11.6 Å². The van der Waals surface area contributed by atoms with Crippen LogP contribution >= 0.6 is 11.6 Å². The summed E-state index contributed by atoms with van der Waals surface area (Å²) >= 11 is 5.80. The number of aryl methyl sites for hydroxylation is 1. The normalized spacial score (nSPS) is 10.6. The second-order valence-electron chi connectivity index (χ2n) is 5.88. The van der Waals surface area contributed by atoms with Crippen molar-refractivity contribution < 1.29 is 9.59 Å². The minimum Gasteiger partial charge on any atom is -0.343 e. The van der Waals surface area contributed by atoms with Crippen molar-refractivity contribution in [2.75, 3.05) is 6.54 Å². The molecule has 0 bridgehead atoms. The fourth-order valence-electron chi connectivity index (χ4n) is 2.45. The number of hydrogen-bond acceptors (Lipinski definition) is 4. The number of ketones is 1. The van der Waals surface area contributed by atoms with Crippen LogP contribution in [0.15, 0.2) is 48.5 Å². The average Bonchev–Trinajstić information content (AvgIpc) is 3.02. The van der Waals surface area contributed by atoms with E-state index in [0.717, 1.165) is 11.3 Å². The molecule has 0 unspecified atom stereocenters. The zero-order valence-corrected chi connectivity index (χ0v) is 15.1. The maximum Gasteiger partial charge on any atom is 0.274 e. The molecule has 0 fully saturated rings. The van der Waals surface area contributed by atoms with Gasteiger partial charge in [-0.05, 0) is 50.2 Å². The lowest BCUT2D eigenvalue weighted by atomic mass is 10.1. The highest BCUT2D eigenvalue weighted by atomic mass is 35.5. The predicted octanol–water partition coefficient (Wildman–Crippen LogP) is 3.15. The monoisotopic (exact) mass is 368 g/mol. The van der Waals surface area contributed by atoms with Crippen molar-refractivity contribution in [1.29, 1.82) is 0 Å². The fraction of sp³-hybridized carbons (Fsp3) is 0.158. The molecule has 1 N–H and O–H groups in total. The van der Waals surface area contributed by atoms with Crippen LogP contribution in [0.2, 0.25) is 5.02 Å². The lowest BCUT2D eigenvalue weighted by Gasteiger charge is -2.05. The minimum atomic E-state index is -0.442. The van der Waals surface area contributed by atoms with E-state index < -0.39 is 5.91 Å². The van der Waals surface area contributed by atoms with Gasteiger partial charge in [0.15, 0.2) is 11.5 Å². The highest BCUT2D eigenvalue weighted by Gasteiger charge is 2.18. The van der Waals surface area contributed by atoms with Crippen LogP contribution in [0.25, 0.3) is 5.69 Å². The maximum atomic E-state index is 12.4. The summed E-state index contributed by atoms with van der Waals surface area (Å²) in [6.45, 7) is 3.63. The largest absolute Gasteiger partial charge is 0.343 e. The van der Waals surface area contributed by atoms with Gasteiger partial charge in [-0.25, -0.2) is 4.68 Å². The van der Waals surface area contributed by atoms with Gasteiger partial charge in [0.05, 0.1) is 17.9 Å². The summed E-state index contributed by atoms with van der Waals surface area (Å²) in [5.74, 6) is -0.651. The van der Waals surface area contributed by atoms with E-state index in [2.05, 4.69) is 15.6 Å². The molecule has 0 aliphatic rings. The molecule has 7 heteroatoms. The molecule has 0 atom stereocenters. The molecule has 0 radical (unpaired) electrons. The van der Waals surface area contributed by atoms with Crippen molar-refractivity contribution in [2.45, 2.75) is 13.8 Å². The van der Waals surface area contributed by atoms with Crippen LogP contribution in [0, 0.1) is 13.8 Å².